The van der Waals surface area contributed by atoms with Crippen LogP contribution in [0.5, 0.6) is 0 Å². The Bertz CT molecular complexity index is 252. The Morgan fingerprint density at radius 1 is 1.67 bits per heavy atom. The van der Waals surface area contributed by atoms with E-state index in [9.17, 15) is 0 Å². The summed E-state index contributed by atoms with van der Waals surface area (Å²) in [7, 11) is 0. The second kappa shape index (κ2) is 3.20. The molecule has 2 rings (SSSR count). The van der Waals surface area contributed by atoms with Gasteiger partial charge in [-0.1, -0.05) is 5.21 Å². The molecule has 0 aromatic carbocycles. The molecule has 0 spiro atoms. The first-order chi connectivity index (χ1) is 5.88. The van der Waals surface area contributed by atoms with Gasteiger partial charge in [-0.15, -0.1) is 5.10 Å². The minimum absolute atomic E-state index is 0.588. The van der Waals surface area contributed by atoms with E-state index in [1.54, 1.807) is 0 Å². The van der Waals surface area contributed by atoms with Crippen LogP contribution in [-0.4, -0.2) is 15.0 Å². The number of rotatable bonds is 4. The first kappa shape index (κ1) is 7.70. The van der Waals surface area contributed by atoms with Crippen LogP contribution in [-0.2, 0) is 13.1 Å². The maximum Gasteiger partial charge on any atom is 0.0978 e. The number of nitrogens with one attached hydrogen (secondary N) is 1. The molecule has 5 nitrogen and oxygen atoms in total. The van der Waals surface area contributed by atoms with Gasteiger partial charge in [0.1, 0.15) is 0 Å². The summed E-state index contributed by atoms with van der Waals surface area (Å²) in [5.74, 6) is 5.99. The summed E-state index contributed by atoms with van der Waals surface area (Å²) in [5.41, 5.74) is 3.45. The lowest BCUT2D eigenvalue weighted by Gasteiger charge is -1.94. The lowest BCUT2D eigenvalue weighted by atomic mass is 10.4. The van der Waals surface area contributed by atoms with Crippen molar-refractivity contribution < 1.29 is 0 Å². The molecule has 0 atom stereocenters. The molecule has 0 bridgehead atoms. The van der Waals surface area contributed by atoms with E-state index in [1.807, 2.05) is 10.9 Å². The van der Waals surface area contributed by atoms with Gasteiger partial charge in [0.15, 0.2) is 0 Å². The van der Waals surface area contributed by atoms with Crippen molar-refractivity contribution in [2.75, 3.05) is 0 Å². The molecular weight excluding hydrogens is 154 g/mol. The molecule has 0 unspecified atom stereocenters. The van der Waals surface area contributed by atoms with Crippen molar-refractivity contribution in [2.24, 2.45) is 11.8 Å². The summed E-state index contributed by atoms with van der Waals surface area (Å²) in [6.07, 6.45) is 4.62. The van der Waals surface area contributed by atoms with Crippen molar-refractivity contribution in [1.82, 2.24) is 20.4 Å². The SMILES string of the molecule is NNCc1cn(CC2CC2)nn1. The van der Waals surface area contributed by atoms with Crippen molar-refractivity contribution >= 4 is 0 Å². The standard InChI is InChI=1S/C7H13N5/c8-9-3-7-5-12(11-10-7)4-6-1-2-6/h5-6,9H,1-4,8H2. The molecule has 12 heavy (non-hydrogen) atoms. The van der Waals surface area contributed by atoms with Gasteiger partial charge in [0, 0.05) is 12.7 Å². The van der Waals surface area contributed by atoms with Crippen molar-refractivity contribution in [3.8, 4) is 0 Å². The van der Waals surface area contributed by atoms with E-state index in [0.29, 0.717) is 6.54 Å². The van der Waals surface area contributed by atoms with Gasteiger partial charge in [-0.3, -0.25) is 16.0 Å². The average Bonchev–Trinajstić information content (AvgIpc) is 2.74. The Hall–Kier alpha value is -0.940. The number of nitrogens with two attached hydrogens (primary N) is 1. The molecule has 0 saturated heterocycles. The fourth-order valence-electron chi connectivity index (χ4n) is 1.18. The van der Waals surface area contributed by atoms with E-state index in [4.69, 9.17) is 5.84 Å². The molecule has 1 fully saturated rings. The molecule has 1 saturated carbocycles. The van der Waals surface area contributed by atoms with Crippen LogP contribution < -0.4 is 11.3 Å². The molecule has 1 aliphatic rings. The topological polar surface area (TPSA) is 68.8 Å². The second-order valence-electron chi connectivity index (χ2n) is 3.26. The third kappa shape index (κ3) is 1.80. The van der Waals surface area contributed by atoms with E-state index in [-0.39, 0.29) is 0 Å². The Labute approximate surface area is 70.9 Å². The monoisotopic (exact) mass is 167 g/mol. The molecule has 0 amide bonds. The first-order valence-electron chi connectivity index (χ1n) is 4.21. The highest BCUT2D eigenvalue weighted by Crippen LogP contribution is 2.30. The highest BCUT2D eigenvalue weighted by Gasteiger charge is 2.22. The number of hydrazine groups is 1. The van der Waals surface area contributed by atoms with Gasteiger partial charge in [-0.05, 0) is 18.8 Å². The highest BCUT2D eigenvalue weighted by atomic mass is 15.4. The Morgan fingerprint density at radius 3 is 3.17 bits per heavy atom. The third-order valence-corrected chi connectivity index (χ3v) is 2.01. The third-order valence-electron chi connectivity index (χ3n) is 2.01. The van der Waals surface area contributed by atoms with Crippen LogP contribution in [0.1, 0.15) is 18.5 Å². The predicted molar refractivity (Wildman–Crippen MR) is 43.8 cm³/mol. The van der Waals surface area contributed by atoms with Crippen molar-refractivity contribution in [3.63, 3.8) is 0 Å². The van der Waals surface area contributed by atoms with E-state index in [1.165, 1.54) is 12.8 Å². The van der Waals surface area contributed by atoms with Crippen molar-refractivity contribution in [1.29, 1.82) is 0 Å². The summed E-state index contributed by atoms with van der Waals surface area (Å²) < 4.78 is 1.89. The molecular formula is C7H13N5. The van der Waals surface area contributed by atoms with Crippen LogP contribution in [0.15, 0.2) is 6.20 Å². The molecule has 1 aromatic rings. The number of aromatic nitrogens is 3. The summed E-state index contributed by atoms with van der Waals surface area (Å²) >= 11 is 0. The van der Waals surface area contributed by atoms with Crippen LogP contribution in [0.3, 0.4) is 0 Å². The van der Waals surface area contributed by atoms with Crippen LogP contribution >= 0.6 is 0 Å². The Morgan fingerprint density at radius 2 is 2.50 bits per heavy atom. The van der Waals surface area contributed by atoms with Crippen molar-refractivity contribution in [3.05, 3.63) is 11.9 Å². The zero-order valence-electron chi connectivity index (χ0n) is 6.90. The van der Waals surface area contributed by atoms with Crippen LogP contribution in [0, 0.1) is 5.92 Å². The quantitative estimate of drug-likeness (QED) is 0.475. The van der Waals surface area contributed by atoms with Crippen LogP contribution in [0.4, 0.5) is 0 Å². The number of hydrogen-bond acceptors (Lipinski definition) is 4. The van der Waals surface area contributed by atoms with E-state index >= 15 is 0 Å². The average molecular weight is 167 g/mol. The predicted octanol–water partition coefficient (Wildman–Crippen LogP) is -0.349. The summed E-state index contributed by atoms with van der Waals surface area (Å²) in [5, 5.41) is 7.94. The van der Waals surface area contributed by atoms with Gasteiger partial charge in [-0.2, -0.15) is 0 Å². The second-order valence-corrected chi connectivity index (χ2v) is 3.26. The summed E-state index contributed by atoms with van der Waals surface area (Å²) in [6, 6.07) is 0. The van der Waals surface area contributed by atoms with E-state index < -0.39 is 0 Å². The highest BCUT2D eigenvalue weighted by molar-refractivity contribution is 4.91. The Kier molecular flexibility index (Phi) is 2.05. The molecule has 0 radical (unpaired) electrons. The largest absolute Gasteiger partial charge is 0.271 e. The smallest absolute Gasteiger partial charge is 0.0978 e. The van der Waals surface area contributed by atoms with Gasteiger partial charge in [0.25, 0.3) is 0 Å². The molecule has 1 aliphatic carbocycles. The Balaban J connectivity index is 1.92. The lowest BCUT2D eigenvalue weighted by Crippen LogP contribution is -2.20. The van der Waals surface area contributed by atoms with Gasteiger partial charge < -0.3 is 0 Å². The van der Waals surface area contributed by atoms with Crippen LogP contribution in [0.25, 0.3) is 0 Å². The summed E-state index contributed by atoms with van der Waals surface area (Å²) in [4.78, 5) is 0. The molecule has 5 heteroatoms. The molecule has 3 N–H and O–H groups in total. The number of nitrogens with zero attached hydrogens (tertiary/aromatic N) is 3. The van der Waals surface area contributed by atoms with Gasteiger partial charge in [-0.25, -0.2) is 0 Å². The van der Waals surface area contributed by atoms with E-state index in [0.717, 1.165) is 18.2 Å². The molecule has 66 valence electrons. The fourth-order valence-corrected chi connectivity index (χ4v) is 1.18. The maximum absolute atomic E-state index is 5.16. The van der Waals surface area contributed by atoms with Gasteiger partial charge in [0.2, 0.25) is 0 Å². The van der Waals surface area contributed by atoms with Crippen LogP contribution in [0.2, 0.25) is 0 Å². The lowest BCUT2D eigenvalue weighted by molar-refractivity contribution is 0.544. The zero-order valence-corrected chi connectivity index (χ0v) is 6.90. The van der Waals surface area contributed by atoms with E-state index in [2.05, 4.69) is 15.7 Å². The molecule has 0 aliphatic heterocycles. The maximum atomic E-state index is 5.16. The summed E-state index contributed by atoms with van der Waals surface area (Å²) in [6.45, 7) is 1.60. The molecule has 1 heterocycles. The first-order valence-corrected chi connectivity index (χ1v) is 4.21. The fraction of sp³-hybridized carbons (Fsp3) is 0.714. The minimum atomic E-state index is 0.588. The van der Waals surface area contributed by atoms with Crippen molar-refractivity contribution in [2.45, 2.75) is 25.9 Å². The normalized spacial score (nSPS) is 16.8. The molecule has 1 aromatic heterocycles. The zero-order chi connectivity index (χ0) is 8.39. The number of hydrogen-bond donors (Lipinski definition) is 2. The minimum Gasteiger partial charge on any atom is -0.271 e. The van der Waals surface area contributed by atoms with Gasteiger partial charge >= 0.3 is 0 Å². The van der Waals surface area contributed by atoms with Gasteiger partial charge in [0.05, 0.1) is 12.2 Å².